The fourth-order valence-electron chi connectivity index (χ4n) is 6.39. The molecule has 0 bridgehead atoms. The third-order valence-electron chi connectivity index (χ3n) is 8.07. The number of nitrogens with zero attached hydrogens (tertiary/aromatic N) is 3. The van der Waals surface area contributed by atoms with E-state index in [0.29, 0.717) is 19.6 Å². The first-order chi connectivity index (χ1) is 17.2. The van der Waals surface area contributed by atoms with Crippen molar-refractivity contribution in [1.29, 1.82) is 0 Å². The first-order valence-corrected chi connectivity index (χ1v) is 13.8. The maximum Gasteiger partial charge on any atom is 0.251 e. The Hall–Kier alpha value is -2.58. The quantitative estimate of drug-likeness (QED) is 0.618. The summed E-state index contributed by atoms with van der Waals surface area (Å²) in [6, 6.07) is 4.70. The monoisotopic (exact) mass is 509 g/mol. The molecule has 7 nitrogen and oxygen atoms in total. The number of anilines is 1. The first-order valence-electron chi connectivity index (χ1n) is 12.9. The van der Waals surface area contributed by atoms with Crippen molar-refractivity contribution in [2.24, 2.45) is 11.8 Å². The third kappa shape index (κ3) is 3.64. The zero-order valence-corrected chi connectivity index (χ0v) is 22.2. The zero-order chi connectivity index (χ0) is 25.8. The van der Waals surface area contributed by atoms with Crippen LogP contribution in [0.4, 0.5) is 5.69 Å². The summed E-state index contributed by atoms with van der Waals surface area (Å²) in [5, 5.41) is 9.92. The van der Waals surface area contributed by atoms with Crippen molar-refractivity contribution in [2.45, 2.75) is 56.2 Å². The molecule has 192 valence electrons. The Bertz CT molecular complexity index is 1150. The average molecular weight is 510 g/mol. The minimum Gasteiger partial charge on any atom is -0.394 e. The Balaban J connectivity index is 1.64. The van der Waals surface area contributed by atoms with E-state index >= 15 is 0 Å². The van der Waals surface area contributed by atoms with Crippen LogP contribution in [0.1, 0.15) is 31.4 Å². The molecule has 2 saturated heterocycles. The van der Waals surface area contributed by atoms with Gasteiger partial charge in [-0.15, -0.1) is 11.8 Å². The van der Waals surface area contributed by atoms with Gasteiger partial charge in [-0.1, -0.05) is 43.4 Å². The number of aliphatic hydroxyl groups is 1. The molecule has 1 unspecified atom stereocenters. The van der Waals surface area contributed by atoms with E-state index in [9.17, 15) is 19.5 Å². The van der Waals surface area contributed by atoms with Crippen LogP contribution < -0.4 is 4.90 Å². The Morgan fingerprint density at radius 1 is 1.11 bits per heavy atom. The van der Waals surface area contributed by atoms with Crippen LogP contribution in [0.2, 0.25) is 0 Å². The van der Waals surface area contributed by atoms with E-state index in [1.807, 2.05) is 62.1 Å². The van der Waals surface area contributed by atoms with Crippen molar-refractivity contribution >= 4 is 35.2 Å². The van der Waals surface area contributed by atoms with Crippen molar-refractivity contribution in [1.82, 2.24) is 9.80 Å². The van der Waals surface area contributed by atoms with Gasteiger partial charge >= 0.3 is 0 Å². The van der Waals surface area contributed by atoms with Gasteiger partial charge in [-0.2, -0.15) is 0 Å². The topological polar surface area (TPSA) is 81.2 Å². The summed E-state index contributed by atoms with van der Waals surface area (Å²) in [4.78, 5) is 47.5. The van der Waals surface area contributed by atoms with Crippen LogP contribution in [0, 0.1) is 25.7 Å². The van der Waals surface area contributed by atoms with Crippen molar-refractivity contribution in [3.63, 3.8) is 0 Å². The number of benzene rings is 1. The van der Waals surface area contributed by atoms with E-state index in [0.717, 1.165) is 23.2 Å². The predicted molar refractivity (Wildman–Crippen MR) is 142 cm³/mol. The van der Waals surface area contributed by atoms with Gasteiger partial charge in [-0.25, -0.2) is 0 Å². The van der Waals surface area contributed by atoms with Crippen LogP contribution in [0.25, 0.3) is 0 Å². The number of amides is 3. The molecule has 4 heterocycles. The van der Waals surface area contributed by atoms with Crippen molar-refractivity contribution < 1.29 is 19.5 Å². The molecule has 2 fully saturated rings. The lowest BCUT2D eigenvalue weighted by Crippen LogP contribution is -2.56. The SMILES string of the molecule is CCCN1CC=C[C@@H]2S[C@]34C=CCN(c5cc(C)ccc5C)C(=O)C3N([C@H](C)CO)C(=O)[C@@H]4[C@@H]2C1=O. The van der Waals surface area contributed by atoms with E-state index in [2.05, 4.69) is 6.08 Å². The molecular weight excluding hydrogens is 474 g/mol. The highest BCUT2D eigenvalue weighted by Crippen LogP contribution is 2.61. The molecule has 1 spiro atoms. The van der Waals surface area contributed by atoms with Gasteiger partial charge in [-0.05, 0) is 44.4 Å². The van der Waals surface area contributed by atoms with E-state index in [-0.39, 0.29) is 29.6 Å². The number of rotatable bonds is 5. The number of hydrogen-bond acceptors (Lipinski definition) is 5. The molecule has 8 heteroatoms. The molecule has 5 rings (SSSR count). The lowest BCUT2D eigenvalue weighted by molar-refractivity contribution is -0.144. The van der Waals surface area contributed by atoms with Crippen LogP contribution in [-0.2, 0) is 14.4 Å². The van der Waals surface area contributed by atoms with E-state index in [4.69, 9.17) is 0 Å². The molecule has 36 heavy (non-hydrogen) atoms. The van der Waals surface area contributed by atoms with E-state index in [1.54, 1.807) is 28.5 Å². The Morgan fingerprint density at radius 3 is 2.61 bits per heavy atom. The molecule has 4 aliphatic rings. The van der Waals surface area contributed by atoms with Crippen molar-refractivity contribution in [3.05, 3.63) is 53.6 Å². The molecule has 1 aromatic rings. The highest BCUT2D eigenvalue weighted by atomic mass is 32.2. The Morgan fingerprint density at radius 2 is 1.89 bits per heavy atom. The molecule has 6 atom stereocenters. The van der Waals surface area contributed by atoms with Gasteiger partial charge < -0.3 is 19.8 Å². The van der Waals surface area contributed by atoms with Gasteiger partial charge in [0.2, 0.25) is 11.8 Å². The lowest BCUT2D eigenvalue weighted by Gasteiger charge is -2.37. The number of carbonyl (C=O) groups is 3. The normalized spacial score (nSPS) is 32.4. The fourth-order valence-corrected chi connectivity index (χ4v) is 8.38. The summed E-state index contributed by atoms with van der Waals surface area (Å²) in [6.45, 7) is 9.13. The number of fused-ring (bicyclic) bond motifs is 2. The van der Waals surface area contributed by atoms with Crippen molar-refractivity contribution in [3.8, 4) is 0 Å². The maximum atomic E-state index is 14.4. The van der Waals surface area contributed by atoms with Gasteiger partial charge in [0.05, 0.1) is 29.2 Å². The molecule has 0 radical (unpaired) electrons. The number of aliphatic hydroxyl groups excluding tert-OH is 1. The minimum absolute atomic E-state index is 0.0108. The summed E-state index contributed by atoms with van der Waals surface area (Å²) in [7, 11) is 0. The molecular formula is C28H35N3O4S. The van der Waals surface area contributed by atoms with Gasteiger partial charge in [0.25, 0.3) is 5.91 Å². The Labute approximate surface area is 217 Å². The fraction of sp³-hybridized carbons (Fsp3) is 0.536. The third-order valence-corrected chi connectivity index (χ3v) is 9.81. The van der Waals surface area contributed by atoms with Crippen LogP contribution in [0.15, 0.2) is 42.5 Å². The van der Waals surface area contributed by atoms with Gasteiger partial charge in [-0.3, -0.25) is 14.4 Å². The van der Waals surface area contributed by atoms with Crippen LogP contribution in [0.5, 0.6) is 0 Å². The summed E-state index contributed by atoms with van der Waals surface area (Å²) in [6.07, 6.45) is 8.95. The predicted octanol–water partition coefficient (Wildman–Crippen LogP) is 2.69. The van der Waals surface area contributed by atoms with Gasteiger partial charge in [0.1, 0.15) is 6.04 Å². The second-order valence-electron chi connectivity index (χ2n) is 10.5. The number of carbonyl (C=O) groups excluding carboxylic acids is 3. The number of likely N-dealkylation sites (tertiary alicyclic amines) is 1. The van der Waals surface area contributed by atoms with E-state index in [1.165, 1.54) is 0 Å². The maximum absolute atomic E-state index is 14.4. The highest BCUT2D eigenvalue weighted by Gasteiger charge is 2.71. The smallest absolute Gasteiger partial charge is 0.251 e. The van der Waals surface area contributed by atoms with E-state index < -0.39 is 28.7 Å². The molecule has 0 aliphatic carbocycles. The first kappa shape index (κ1) is 25.1. The number of hydrogen-bond donors (Lipinski definition) is 1. The molecule has 0 aromatic heterocycles. The summed E-state index contributed by atoms with van der Waals surface area (Å²) in [5.41, 5.74) is 2.87. The van der Waals surface area contributed by atoms with Gasteiger partial charge in [0.15, 0.2) is 0 Å². The molecule has 3 amide bonds. The van der Waals surface area contributed by atoms with Crippen LogP contribution >= 0.6 is 11.8 Å². The number of aryl methyl sites for hydroxylation is 2. The van der Waals surface area contributed by atoms with Crippen LogP contribution in [0.3, 0.4) is 0 Å². The van der Waals surface area contributed by atoms with Crippen LogP contribution in [-0.4, -0.2) is 80.9 Å². The minimum atomic E-state index is -0.866. The van der Waals surface area contributed by atoms with Gasteiger partial charge in [0, 0.05) is 30.6 Å². The highest BCUT2D eigenvalue weighted by molar-refractivity contribution is 8.02. The second-order valence-corrected chi connectivity index (χ2v) is 12.0. The largest absolute Gasteiger partial charge is 0.394 e. The standard InChI is InChI=1S/C28H35N3O4S/c1-5-12-29-13-6-8-21-22(25(29)33)23-26(34)31(19(4)16-32)24-27(35)30(14-7-11-28(23,24)36-21)20-15-17(2)9-10-18(20)3/h6-11,15,19,21-24,32H,5,12-14,16H2,1-4H3/t19-,21+,22-,23+,24?,28+/m1/s1. The second kappa shape index (κ2) is 9.38. The summed E-state index contributed by atoms with van der Waals surface area (Å²) in [5.74, 6) is -1.56. The summed E-state index contributed by atoms with van der Waals surface area (Å²) >= 11 is 1.58. The molecule has 0 saturated carbocycles. The summed E-state index contributed by atoms with van der Waals surface area (Å²) < 4.78 is -0.866. The Kier molecular flexibility index (Phi) is 6.53. The average Bonchev–Trinajstić information content (AvgIpc) is 3.18. The molecule has 4 aliphatic heterocycles. The molecule has 1 aromatic carbocycles. The molecule has 1 N–H and O–H groups in total. The zero-order valence-electron chi connectivity index (χ0n) is 21.4. The lowest BCUT2D eigenvalue weighted by atomic mass is 9.78. The number of thioether (sulfide) groups is 1. The van der Waals surface area contributed by atoms with Crippen molar-refractivity contribution in [2.75, 3.05) is 31.1 Å².